The Morgan fingerprint density at radius 1 is 1.09 bits per heavy atom. The van der Waals surface area contributed by atoms with Gasteiger partial charge >= 0.3 is 4.87 Å². The molecule has 0 fully saturated rings. The number of amides is 1. The fraction of sp³-hybridized carbons (Fsp3) is 0.130. The normalized spacial score (nSPS) is 11.5. The number of nitrogens with one attached hydrogen (secondary N) is 1. The van der Waals surface area contributed by atoms with Gasteiger partial charge < -0.3 is 9.88 Å². The van der Waals surface area contributed by atoms with E-state index in [0.29, 0.717) is 15.8 Å². The van der Waals surface area contributed by atoms with E-state index < -0.39 is 22.5 Å². The number of aromatic nitrogens is 1. The number of carbonyl (C=O) groups is 1. The van der Waals surface area contributed by atoms with Crippen LogP contribution in [0.15, 0.2) is 80.9 Å². The molecule has 0 atom stereocenters. The molecule has 0 saturated carbocycles. The van der Waals surface area contributed by atoms with Crippen LogP contribution in [0.2, 0.25) is 0 Å². The predicted molar refractivity (Wildman–Crippen MR) is 136 cm³/mol. The molecule has 10 heteroatoms. The predicted octanol–water partition coefficient (Wildman–Crippen LogP) is 4.50. The molecule has 3 aromatic carbocycles. The smallest absolute Gasteiger partial charge is 0.307 e. The summed E-state index contributed by atoms with van der Waals surface area (Å²) in [6.07, 6.45) is 0. The van der Waals surface area contributed by atoms with Crippen LogP contribution < -0.4 is 14.5 Å². The van der Waals surface area contributed by atoms with E-state index in [0.717, 1.165) is 31.4 Å². The number of halogens is 1. The molecule has 0 bridgehead atoms. The highest BCUT2D eigenvalue weighted by Crippen LogP contribution is 2.27. The lowest BCUT2D eigenvalue weighted by Crippen LogP contribution is -2.38. The number of sulfonamides is 1. The van der Waals surface area contributed by atoms with Crippen molar-refractivity contribution in [1.82, 2.24) is 4.57 Å². The number of anilines is 2. The Bertz CT molecular complexity index is 1510. The van der Waals surface area contributed by atoms with E-state index in [1.54, 1.807) is 61.6 Å². The number of carbonyl (C=O) groups excluding carboxylic acids is 1. The molecular formula is C23H20BrN3O4S2. The largest absolute Gasteiger partial charge is 0.324 e. The maximum atomic E-state index is 13.5. The fourth-order valence-electron chi connectivity index (χ4n) is 3.33. The topological polar surface area (TPSA) is 88.5 Å². The van der Waals surface area contributed by atoms with Crippen molar-refractivity contribution in [3.8, 4) is 0 Å². The molecule has 1 aromatic heterocycles. The van der Waals surface area contributed by atoms with Crippen LogP contribution >= 0.6 is 27.3 Å². The minimum atomic E-state index is -4.00. The molecule has 1 heterocycles. The van der Waals surface area contributed by atoms with E-state index >= 15 is 0 Å². The van der Waals surface area contributed by atoms with Gasteiger partial charge in [-0.2, -0.15) is 0 Å². The Labute approximate surface area is 203 Å². The number of hydrogen-bond acceptors (Lipinski definition) is 5. The van der Waals surface area contributed by atoms with E-state index in [2.05, 4.69) is 21.2 Å². The van der Waals surface area contributed by atoms with E-state index in [1.165, 1.54) is 16.7 Å². The summed E-state index contributed by atoms with van der Waals surface area (Å²) >= 11 is 4.45. The molecule has 1 amide bonds. The van der Waals surface area contributed by atoms with Crippen molar-refractivity contribution in [3.63, 3.8) is 0 Å². The molecular weight excluding hydrogens is 526 g/mol. The third kappa shape index (κ3) is 4.87. The number of benzene rings is 3. The van der Waals surface area contributed by atoms with Crippen molar-refractivity contribution in [2.75, 3.05) is 16.2 Å². The van der Waals surface area contributed by atoms with Crippen LogP contribution in [-0.2, 0) is 21.9 Å². The first-order valence-electron chi connectivity index (χ1n) is 9.89. The van der Waals surface area contributed by atoms with E-state index in [9.17, 15) is 18.0 Å². The molecule has 0 aliphatic heterocycles. The van der Waals surface area contributed by atoms with Gasteiger partial charge in [0.2, 0.25) is 5.91 Å². The molecule has 1 N–H and O–H groups in total. The minimum Gasteiger partial charge on any atom is -0.324 e. The second kappa shape index (κ2) is 9.12. The van der Waals surface area contributed by atoms with E-state index in [4.69, 9.17) is 0 Å². The van der Waals surface area contributed by atoms with Crippen molar-refractivity contribution in [1.29, 1.82) is 0 Å². The van der Waals surface area contributed by atoms with Gasteiger partial charge in [0.25, 0.3) is 10.0 Å². The lowest BCUT2D eigenvalue weighted by Gasteiger charge is -2.24. The second-order valence-corrected chi connectivity index (χ2v) is 11.2. The van der Waals surface area contributed by atoms with Gasteiger partial charge in [-0.25, -0.2) is 8.42 Å². The summed E-state index contributed by atoms with van der Waals surface area (Å²) < 4.78 is 30.9. The Morgan fingerprint density at radius 3 is 2.52 bits per heavy atom. The monoisotopic (exact) mass is 545 g/mol. The molecule has 0 saturated heterocycles. The number of thiazole rings is 1. The van der Waals surface area contributed by atoms with Gasteiger partial charge in [-0.05, 0) is 55.5 Å². The molecule has 33 heavy (non-hydrogen) atoms. The molecule has 7 nitrogen and oxygen atoms in total. The first kappa shape index (κ1) is 23.2. The average Bonchev–Trinajstić information content (AvgIpc) is 3.05. The molecule has 0 spiro atoms. The van der Waals surface area contributed by atoms with Gasteiger partial charge in [0.05, 0.1) is 20.8 Å². The number of rotatable bonds is 6. The Morgan fingerprint density at radius 2 is 1.82 bits per heavy atom. The molecule has 0 unspecified atom stereocenters. The van der Waals surface area contributed by atoms with E-state index in [-0.39, 0.29) is 9.77 Å². The summed E-state index contributed by atoms with van der Waals surface area (Å²) in [6.45, 7) is 1.45. The zero-order valence-corrected chi connectivity index (χ0v) is 21.0. The van der Waals surface area contributed by atoms with Crippen LogP contribution in [0.25, 0.3) is 10.2 Å². The summed E-state index contributed by atoms with van der Waals surface area (Å²) in [5.74, 6) is -0.506. The highest BCUT2D eigenvalue weighted by molar-refractivity contribution is 9.10. The van der Waals surface area contributed by atoms with Gasteiger partial charge in [0.15, 0.2) is 0 Å². The molecule has 0 aliphatic carbocycles. The lowest BCUT2D eigenvalue weighted by atomic mass is 10.2. The van der Waals surface area contributed by atoms with Gasteiger partial charge in [-0.15, -0.1) is 0 Å². The van der Waals surface area contributed by atoms with Crippen LogP contribution in [0.3, 0.4) is 0 Å². The lowest BCUT2D eigenvalue weighted by molar-refractivity contribution is -0.114. The number of nitrogens with zero attached hydrogens (tertiary/aromatic N) is 2. The standard InChI is InChI=1S/C23H20BrN3O4S2/c1-15-6-9-19(10-7-15)33(30,31)27(18-5-3-4-16(24)12-18)14-22(28)25-17-8-11-20-21(13-17)32-23(29)26(20)2/h3-13H,14H2,1-2H3,(H,25,28). The summed E-state index contributed by atoms with van der Waals surface area (Å²) in [4.78, 5) is 24.8. The first-order valence-corrected chi connectivity index (χ1v) is 12.9. The molecule has 0 radical (unpaired) electrons. The average molecular weight is 546 g/mol. The first-order chi connectivity index (χ1) is 15.6. The second-order valence-electron chi connectivity index (χ2n) is 7.46. The molecule has 170 valence electrons. The minimum absolute atomic E-state index is 0.0938. The van der Waals surface area contributed by atoms with Crippen molar-refractivity contribution < 1.29 is 13.2 Å². The van der Waals surface area contributed by atoms with Crippen LogP contribution in [0.5, 0.6) is 0 Å². The SMILES string of the molecule is Cc1ccc(S(=O)(=O)N(CC(=O)Nc2ccc3c(c2)sc(=O)n3C)c2cccc(Br)c2)cc1. The van der Waals surface area contributed by atoms with Crippen molar-refractivity contribution >= 4 is 64.8 Å². The summed E-state index contributed by atoms with van der Waals surface area (Å²) in [5, 5.41) is 2.75. The highest BCUT2D eigenvalue weighted by Gasteiger charge is 2.27. The maximum absolute atomic E-state index is 13.5. The zero-order valence-electron chi connectivity index (χ0n) is 17.8. The van der Waals surface area contributed by atoms with Crippen molar-refractivity contribution in [2.24, 2.45) is 7.05 Å². The number of hydrogen-bond donors (Lipinski definition) is 1. The quantitative estimate of drug-likeness (QED) is 0.386. The maximum Gasteiger partial charge on any atom is 0.307 e. The molecule has 4 aromatic rings. The number of aryl methyl sites for hydroxylation is 2. The molecule has 4 rings (SSSR count). The van der Waals surface area contributed by atoms with Crippen LogP contribution in [0.1, 0.15) is 5.56 Å². The Balaban J connectivity index is 1.65. The van der Waals surface area contributed by atoms with Crippen LogP contribution in [-0.4, -0.2) is 25.4 Å². The Hall–Kier alpha value is -2.95. The van der Waals surface area contributed by atoms with Gasteiger partial charge in [0, 0.05) is 17.2 Å². The fourth-order valence-corrected chi connectivity index (χ4v) is 6.05. The van der Waals surface area contributed by atoms with E-state index in [1.807, 2.05) is 6.92 Å². The van der Waals surface area contributed by atoms with Crippen LogP contribution in [0.4, 0.5) is 11.4 Å². The van der Waals surface area contributed by atoms with Crippen molar-refractivity contribution in [3.05, 3.63) is 86.4 Å². The third-order valence-corrected chi connectivity index (χ3v) is 8.35. The zero-order chi connectivity index (χ0) is 23.8. The third-order valence-electron chi connectivity index (χ3n) is 5.07. The highest BCUT2D eigenvalue weighted by atomic mass is 79.9. The summed E-state index contributed by atoms with van der Waals surface area (Å²) in [6, 6.07) is 18.4. The van der Waals surface area contributed by atoms with Crippen molar-refractivity contribution in [2.45, 2.75) is 11.8 Å². The van der Waals surface area contributed by atoms with Gasteiger partial charge in [0.1, 0.15) is 6.54 Å². The molecule has 0 aliphatic rings. The number of fused-ring (bicyclic) bond motifs is 1. The van der Waals surface area contributed by atoms with Gasteiger partial charge in [-0.3, -0.25) is 13.9 Å². The summed E-state index contributed by atoms with van der Waals surface area (Å²) in [5.41, 5.74) is 2.54. The summed E-state index contributed by atoms with van der Waals surface area (Å²) in [7, 11) is -2.32. The van der Waals surface area contributed by atoms with Crippen LogP contribution in [0, 0.1) is 6.92 Å². The van der Waals surface area contributed by atoms with Gasteiger partial charge in [-0.1, -0.05) is 51.0 Å². The Kier molecular flexibility index (Phi) is 6.42.